The smallest absolute Gasteiger partial charge is 0.171 e. The van der Waals surface area contributed by atoms with Crippen molar-refractivity contribution in [1.29, 1.82) is 0 Å². The largest absolute Gasteiger partial charge is 0.360 e. The summed E-state index contributed by atoms with van der Waals surface area (Å²) in [6, 6.07) is 10.5. The molecule has 2 fully saturated rings. The number of rotatable bonds is 5. The van der Waals surface area contributed by atoms with Crippen LogP contribution in [0.15, 0.2) is 24.3 Å². The number of nitrogens with one attached hydrogen (secondary N) is 2. The Labute approximate surface area is 164 Å². The van der Waals surface area contributed by atoms with Gasteiger partial charge in [0.2, 0.25) is 0 Å². The van der Waals surface area contributed by atoms with E-state index in [1.54, 1.807) is 0 Å². The van der Waals surface area contributed by atoms with Crippen molar-refractivity contribution in [3.63, 3.8) is 0 Å². The lowest BCUT2D eigenvalue weighted by molar-refractivity contribution is 0.0284. The Balaban J connectivity index is 0.00000225. The van der Waals surface area contributed by atoms with Crippen molar-refractivity contribution in [2.75, 3.05) is 11.9 Å². The average molecular weight is 382 g/mol. The van der Waals surface area contributed by atoms with Crippen molar-refractivity contribution < 1.29 is 0 Å². The zero-order valence-electron chi connectivity index (χ0n) is 15.5. The fourth-order valence-corrected chi connectivity index (χ4v) is 4.79. The number of fused-ring (bicyclic) bond motifs is 2. The van der Waals surface area contributed by atoms with Crippen molar-refractivity contribution in [3.05, 3.63) is 29.8 Å². The molecular formula is C20H32ClN3S. The molecule has 3 rings (SSSR count). The van der Waals surface area contributed by atoms with Gasteiger partial charge in [0.15, 0.2) is 5.11 Å². The fraction of sp³-hybridized carbons (Fsp3) is 0.650. The minimum atomic E-state index is 0. The van der Waals surface area contributed by atoms with Crippen LogP contribution >= 0.6 is 24.6 Å². The maximum Gasteiger partial charge on any atom is 0.171 e. The topological polar surface area (TPSA) is 27.3 Å². The first-order chi connectivity index (χ1) is 11.7. The van der Waals surface area contributed by atoms with Gasteiger partial charge in [0, 0.05) is 23.8 Å². The van der Waals surface area contributed by atoms with Crippen molar-refractivity contribution in [2.24, 2.45) is 0 Å². The molecule has 0 aromatic heterocycles. The molecule has 0 saturated carbocycles. The highest BCUT2D eigenvalue weighted by Crippen LogP contribution is 2.34. The van der Waals surface area contributed by atoms with E-state index in [0.29, 0.717) is 6.04 Å². The Kier molecular flexibility index (Phi) is 7.98. The predicted octanol–water partition coefficient (Wildman–Crippen LogP) is 4.75. The van der Waals surface area contributed by atoms with Crippen LogP contribution in [0.25, 0.3) is 0 Å². The third-order valence-electron chi connectivity index (χ3n) is 5.59. The first-order valence-electron chi connectivity index (χ1n) is 9.62. The second-order valence-corrected chi connectivity index (χ2v) is 7.66. The summed E-state index contributed by atoms with van der Waals surface area (Å²) in [5, 5.41) is 7.80. The minimum absolute atomic E-state index is 0. The summed E-state index contributed by atoms with van der Waals surface area (Å²) < 4.78 is 0. The van der Waals surface area contributed by atoms with Gasteiger partial charge >= 0.3 is 0 Å². The van der Waals surface area contributed by atoms with Gasteiger partial charge in [-0.2, -0.15) is 0 Å². The van der Waals surface area contributed by atoms with Crippen LogP contribution in [-0.4, -0.2) is 34.7 Å². The lowest BCUT2D eigenvalue weighted by Gasteiger charge is -2.49. The fourth-order valence-electron chi connectivity index (χ4n) is 4.51. The Morgan fingerprint density at radius 1 is 1.16 bits per heavy atom. The molecule has 2 aliphatic rings. The van der Waals surface area contributed by atoms with Gasteiger partial charge in [0.25, 0.3) is 0 Å². The molecule has 2 unspecified atom stereocenters. The lowest BCUT2D eigenvalue weighted by atomic mass is 9.81. The summed E-state index contributed by atoms with van der Waals surface area (Å²) >= 11 is 5.60. The number of aryl methyl sites for hydroxylation is 1. The van der Waals surface area contributed by atoms with Gasteiger partial charge in [-0.3, -0.25) is 4.90 Å². The second kappa shape index (κ2) is 9.75. The number of nitrogens with zero attached hydrogens (tertiary/aromatic N) is 1. The number of anilines is 1. The average Bonchev–Trinajstić information content (AvgIpc) is 2.56. The molecule has 5 heteroatoms. The van der Waals surface area contributed by atoms with Crippen LogP contribution in [0.1, 0.15) is 57.9 Å². The maximum absolute atomic E-state index is 5.60. The van der Waals surface area contributed by atoms with E-state index in [-0.39, 0.29) is 12.4 Å². The molecule has 2 aliphatic heterocycles. The van der Waals surface area contributed by atoms with Gasteiger partial charge in [-0.25, -0.2) is 0 Å². The van der Waals surface area contributed by atoms with E-state index in [9.17, 15) is 0 Å². The van der Waals surface area contributed by atoms with E-state index in [0.717, 1.165) is 29.3 Å². The zero-order valence-corrected chi connectivity index (χ0v) is 17.1. The van der Waals surface area contributed by atoms with E-state index in [1.807, 2.05) is 0 Å². The standard InChI is InChI=1S/C20H31N3S.ClH/c1-3-12-23-17-9-7-10-18(23)14-16(13-17)21-20(24)22-19-11-6-5-8-15(19)4-2;/h5-6,8,11,16-18H,3-4,7,9-10,12-14H2,1-2H3,(H2,21,22,24);1H. The quantitative estimate of drug-likeness (QED) is 0.719. The molecule has 1 aromatic rings. The lowest BCUT2D eigenvalue weighted by Crippen LogP contribution is -2.57. The highest BCUT2D eigenvalue weighted by molar-refractivity contribution is 7.80. The number of para-hydroxylation sites is 1. The van der Waals surface area contributed by atoms with Crippen LogP contribution in [-0.2, 0) is 6.42 Å². The molecule has 1 aromatic carbocycles. The molecule has 140 valence electrons. The van der Waals surface area contributed by atoms with E-state index < -0.39 is 0 Å². The number of hydrogen-bond donors (Lipinski definition) is 2. The molecule has 3 nitrogen and oxygen atoms in total. The van der Waals surface area contributed by atoms with Gasteiger partial charge < -0.3 is 10.6 Å². The molecule has 2 saturated heterocycles. The summed E-state index contributed by atoms with van der Waals surface area (Å²) in [5.74, 6) is 0. The van der Waals surface area contributed by atoms with E-state index in [1.165, 1.54) is 50.6 Å². The zero-order chi connectivity index (χ0) is 16.9. The molecule has 0 aliphatic carbocycles. The van der Waals surface area contributed by atoms with Crippen LogP contribution in [0.2, 0.25) is 0 Å². The number of thiocarbonyl (C=S) groups is 1. The third kappa shape index (κ3) is 5.08. The first-order valence-corrected chi connectivity index (χ1v) is 10.0. The summed E-state index contributed by atoms with van der Waals surface area (Å²) in [6.45, 7) is 5.74. The van der Waals surface area contributed by atoms with E-state index in [4.69, 9.17) is 12.2 Å². The summed E-state index contributed by atoms with van der Waals surface area (Å²) in [7, 11) is 0. The number of hydrogen-bond acceptors (Lipinski definition) is 2. The van der Waals surface area contributed by atoms with Gasteiger partial charge in [0.1, 0.15) is 0 Å². The van der Waals surface area contributed by atoms with Crippen LogP contribution in [0.4, 0.5) is 5.69 Å². The molecule has 2 bridgehead atoms. The SMILES string of the molecule is CCCN1C2CCCC1CC(NC(=S)Nc1ccccc1CC)C2.Cl. The molecule has 2 atom stereocenters. The number of piperidine rings is 2. The molecule has 2 N–H and O–H groups in total. The monoisotopic (exact) mass is 381 g/mol. The van der Waals surface area contributed by atoms with E-state index >= 15 is 0 Å². The third-order valence-corrected chi connectivity index (χ3v) is 5.81. The van der Waals surface area contributed by atoms with Crippen LogP contribution in [0, 0.1) is 0 Å². The first kappa shape index (κ1) is 20.5. The minimum Gasteiger partial charge on any atom is -0.360 e. The van der Waals surface area contributed by atoms with Crippen LogP contribution < -0.4 is 10.6 Å². The molecule has 0 radical (unpaired) electrons. The molecule has 25 heavy (non-hydrogen) atoms. The van der Waals surface area contributed by atoms with Crippen molar-refractivity contribution >= 4 is 35.4 Å². The predicted molar refractivity (Wildman–Crippen MR) is 114 cm³/mol. The van der Waals surface area contributed by atoms with Gasteiger partial charge in [-0.1, -0.05) is 38.5 Å². The molecular weight excluding hydrogens is 350 g/mol. The Hall–Kier alpha value is -0.840. The van der Waals surface area contributed by atoms with Gasteiger partial charge in [-0.15, -0.1) is 12.4 Å². The van der Waals surface area contributed by atoms with Crippen LogP contribution in [0.3, 0.4) is 0 Å². The van der Waals surface area contributed by atoms with Gasteiger partial charge in [0.05, 0.1) is 0 Å². The van der Waals surface area contributed by atoms with Crippen molar-refractivity contribution in [2.45, 2.75) is 76.9 Å². The Bertz CT molecular complexity index is 552. The molecule has 0 amide bonds. The molecule has 0 spiro atoms. The van der Waals surface area contributed by atoms with Crippen LogP contribution in [0.5, 0.6) is 0 Å². The number of halogens is 1. The summed E-state index contributed by atoms with van der Waals surface area (Å²) in [6.07, 6.45) is 8.85. The molecule has 2 heterocycles. The number of benzene rings is 1. The summed E-state index contributed by atoms with van der Waals surface area (Å²) in [4.78, 5) is 2.77. The Morgan fingerprint density at radius 3 is 2.48 bits per heavy atom. The van der Waals surface area contributed by atoms with Crippen molar-refractivity contribution in [1.82, 2.24) is 10.2 Å². The normalized spacial score (nSPS) is 25.8. The Morgan fingerprint density at radius 2 is 1.84 bits per heavy atom. The van der Waals surface area contributed by atoms with E-state index in [2.05, 4.69) is 53.6 Å². The maximum atomic E-state index is 5.60. The van der Waals surface area contributed by atoms with Crippen molar-refractivity contribution in [3.8, 4) is 0 Å². The highest BCUT2D eigenvalue weighted by Gasteiger charge is 2.37. The summed E-state index contributed by atoms with van der Waals surface area (Å²) in [5.41, 5.74) is 2.46. The second-order valence-electron chi connectivity index (χ2n) is 7.25. The highest BCUT2D eigenvalue weighted by atomic mass is 35.5. The van der Waals surface area contributed by atoms with Gasteiger partial charge in [-0.05, 0) is 68.9 Å².